The van der Waals surface area contributed by atoms with Crippen LogP contribution >= 0.6 is 0 Å². The predicted octanol–water partition coefficient (Wildman–Crippen LogP) is 0.682. The summed E-state index contributed by atoms with van der Waals surface area (Å²) in [7, 11) is 0. The minimum Gasteiger partial charge on any atom is -0.390 e. The van der Waals surface area contributed by atoms with Gasteiger partial charge in [-0.2, -0.15) is 0 Å². The van der Waals surface area contributed by atoms with Crippen molar-refractivity contribution in [1.82, 2.24) is 14.5 Å². The highest BCUT2D eigenvalue weighted by molar-refractivity contribution is 5.86. The molecule has 6 nitrogen and oxygen atoms in total. The molecular weight excluding hydrogens is 220 g/mol. The number of ether oxygens (including phenoxy) is 1. The van der Waals surface area contributed by atoms with E-state index in [1.165, 1.54) is 6.33 Å². The Bertz CT molecular complexity index is 543. The van der Waals surface area contributed by atoms with Gasteiger partial charge >= 0.3 is 0 Å². The van der Waals surface area contributed by atoms with E-state index in [1.54, 1.807) is 0 Å². The molecule has 1 aliphatic heterocycles. The Hall–Kier alpha value is -1.66. The SMILES string of the molecule is C[C@H]1O[C@@H](n2ccc3c(N)ncnc32)C[C@H]1O. The van der Waals surface area contributed by atoms with Crippen LogP contribution in [0.2, 0.25) is 0 Å². The van der Waals surface area contributed by atoms with E-state index in [9.17, 15) is 5.11 Å². The monoisotopic (exact) mass is 234 g/mol. The van der Waals surface area contributed by atoms with Crippen LogP contribution in [0.4, 0.5) is 5.82 Å². The lowest BCUT2D eigenvalue weighted by Gasteiger charge is -2.13. The fourth-order valence-corrected chi connectivity index (χ4v) is 2.19. The normalized spacial score (nSPS) is 28.9. The van der Waals surface area contributed by atoms with Gasteiger partial charge in [0.05, 0.1) is 17.6 Å². The molecule has 0 spiro atoms. The van der Waals surface area contributed by atoms with E-state index in [1.807, 2.05) is 23.8 Å². The smallest absolute Gasteiger partial charge is 0.147 e. The number of nitrogens with zero attached hydrogens (tertiary/aromatic N) is 3. The Morgan fingerprint density at radius 2 is 2.35 bits per heavy atom. The molecule has 0 unspecified atom stereocenters. The second-order valence-electron chi connectivity index (χ2n) is 4.32. The summed E-state index contributed by atoms with van der Waals surface area (Å²) in [6.07, 6.45) is 3.09. The van der Waals surface area contributed by atoms with Gasteiger partial charge < -0.3 is 20.1 Å². The Balaban J connectivity index is 2.04. The van der Waals surface area contributed by atoms with Gasteiger partial charge in [-0.1, -0.05) is 0 Å². The molecule has 3 atom stereocenters. The number of aromatic nitrogens is 3. The molecule has 0 radical (unpaired) electrons. The Labute approximate surface area is 98.0 Å². The second kappa shape index (κ2) is 3.68. The van der Waals surface area contributed by atoms with Gasteiger partial charge in [0.2, 0.25) is 0 Å². The summed E-state index contributed by atoms with van der Waals surface area (Å²) < 4.78 is 7.57. The highest BCUT2D eigenvalue weighted by Crippen LogP contribution is 2.31. The van der Waals surface area contributed by atoms with Crippen LogP contribution in [0, 0.1) is 0 Å². The number of fused-ring (bicyclic) bond motifs is 1. The summed E-state index contributed by atoms with van der Waals surface area (Å²) in [6.45, 7) is 1.86. The number of aliphatic hydroxyl groups is 1. The van der Waals surface area contributed by atoms with Crippen molar-refractivity contribution in [2.45, 2.75) is 31.8 Å². The van der Waals surface area contributed by atoms with Crippen LogP contribution < -0.4 is 5.73 Å². The van der Waals surface area contributed by atoms with E-state index in [2.05, 4.69) is 9.97 Å². The lowest BCUT2D eigenvalue weighted by atomic mass is 10.2. The molecule has 3 heterocycles. The molecule has 3 N–H and O–H groups in total. The zero-order valence-corrected chi connectivity index (χ0v) is 9.45. The highest BCUT2D eigenvalue weighted by atomic mass is 16.5. The maximum absolute atomic E-state index is 9.70. The number of rotatable bonds is 1. The topological polar surface area (TPSA) is 86.2 Å². The van der Waals surface area contributed by atoms with Gasteiger partial charge in [0.1, 0.15) is 24.0 Å². The molecule has 90 valence electrons. The predicted molar refractivity (Wildman–Crippen MR) is 62.1 cm³/mol. The van der Waals surface area contributed by atoms with E-state index in [0.717, 1.165) is 11.0 Å². The Morgan fingerprint density at radius 1 is 1.53 bits per heavy atom. The van der Waals surface area contributed by atoms with E-state index in [0.29, 0.717) is 12.2 Å². The average Bonchev–Trinajstić information content (AvgIpc) is 2.85. The van der Waals surface area contributed by atoms with E-state index in [-0.39, 0.29) is 12.3 Å². The quantitative estimate of drug-likeness (QED) is 0.757. The lowest BCUT2D eigenvalue weighted by molar-refractivity contribution is -0.00608. The summed E-state index contributed by atoms with van der Waals surface area (Å²) in [4.78, 5) is 8.15. The molecule has 2 aromatic heterocycles. The fraction of sp³-hybridized carbons (Fsp3) is 0.455. The molecule has 6 heteroatoms. The zero-order chi connectivity index (χ0) is 12.0. The fourth-order valence-electron chi connectivity index (χ4n) is 2.19. The van der Waals surface area contributed by atoms with Crippen LogP contribution in [0.5, 0.6) is 0 Å². The molecule has 0 aromatic carbocycles. The molecule has 1 saturated heterocycles. The van der Waals surface area contributed by atoms with E-state index in [4.69, 9.17) is 10.5 Å². The Kier molecular flexibility index (Phi) is 2.27. The van der Waals surface area contributed by atoms with Crippen molar-refractivity contribution < 1.29 is 9.84 Å². The number of nitrogen functional groups attached to an aromatic ring is 1. The first-order valence-electron chi connectivity index (χ1n) is 5.57. The second-order valence-corrected chi connectivity index (χ2v) is 4.32. The molecule has 0 aliphatic carbocycles. The molecule has 1 fully saturated rings. The lowest BCUT2D eigenvalue weighted by Crippen LogP contribution is -2.15. The number of hydrogen-bond donors (Lipinski definition) is 2. The molecular formula is C11H14N4O2. The van der Waals surface area contributed by atoms with Crippen molar-refractivity contribution in [3.8, 4) is 0 Å². The molecule has 1 aliphatic rings. The van der Waals surface area contributed by atoms with Crippen LogP contribution in [0.1, 0.15) is 19.6 Å². The average molecular weight is 234 g/mol. The zero-order valence-electron chi connectivity index (χ0n) is 9.45. The third kappa shape index (κ3) is 1.57. The van der Waals surface area contributed by atoms with Crippen molar-refractivity contribution in [3.63, 3.8) is 0 Å². The summed E-state index contributed by atoms with van der Waals surface area (Å²) in [6, 6.07) is 1.86. The minimum atomic E-state index is -0.434. The largest absolute Gasteiger partial charge is 0.390 e. The van der Waals surface area contributed by atoms with Gasteiger partial charge in [0.25, 0.3) is 0 Å². The van der Waals surface area contributed by atoms with Gasteiger partial charge in [-0.3, -0.25) is 0 Å². The number of hydrogen-bond acceptors (Lipinski definition) is 5. The summed E-state index contributed by atoms with van der Waals surface area (Å²) in [5.74, 6) is 0.459. The van der Waals surface area contributed by atoms with Gasteiger partial charge in [-0.25, -0.2) is 9.97 Å². The third-order valence-electron chi connectivity index (χ3n) is 3.21. The summed E-state index contributed by atoms with van der Waals surface area (Å²) >= 11 is 0. The van der Waals surface area contributed by atoms with Crippen LogP contribution in [-0.2, 0) is 4.74 Å². The van der Waals surface area contributed by atoms with Gasteiger partial charge in [-0.15, -0.1) is 0 Å². The van der Waals surface area contributed by atoms with Gasteiger partial charge in [0.15, 0.2) is 0 Å². The molecule has 3 rings (SSSR count). The summed E-state index contributed by atoms with van der Waals surface area (Å²) in [5.41, 5.74) is 6.51. The maximum Gasteiger partial charge on any atom is 0.147 e. The van der Waals surface area contributed by atoms with Gasteiger partial charge in [-0.05, 0) is 13.0 Å². The molecule has 0 bridgehead atoms. The molecule has 17 heavy (non-hydrogen) atoms. The first-order chi connectivity index (χ1) is 8.16. The molecule has 2 aromatic rings. The first-order valence-corrected chi connectivity index (χ1v) is 5.57. The van der Waals surface area contributed by atoms with E-state index < -0.39 is 6.10 Å². The molecule has 0 saturated carbocycles. The minimum absolute atomic E-state index is 0.156. The third-order valence-corrected chi connectivity index (χ3v) is 3.21. The van der Waals surface area contributed by atoms with Crippen LogP contribution in [-0.4, -0.2) is 31.8 Å². The standard InChI is InChI=1S/C11H14N4O2/c1-6-8(16)4-9(17-6)15-3-2-7-10(12)13-5-14-11(7)15/h2-3,5-6,8-9,16H,4H2,1H3,(H2,12,13,14)/t6-,8-,9-/m1/s1. The van der Waals surface area contributed by atoms with Gasteiger partial charge in [0, 0.05) is 12.6 Å². The first kappa shape index (κ1) is 10.5. The number of aliphatic hydroxyl groups excluding tert-OH is 1. The van der Waals surface area contributed by atoms with Crippen molar-refractivity contribution in [2.75, 3.05) is 5.73 Å². The van der Waals surface area contributed by atoms with Crippen LogP contribution in [0.25, 0.3) is 11.0 Å². The maximum atomic E-state index is 9.70. The van der Waals surface area contributed by atoms with Crippen molar-refractivity contribution in [1.29, 1.82) is 0 Å². The van der Waals surface area contributed by atoms with Crippen molar-refractivity contribution in [3.05, 3.63) is 18.6 Å². The summed E-state index contributed by atoms with van der Waals surface area (Å²) in [5, 5.41) is 10.5. The van der Waals surface area contributed by atoms with E-state index >= 15 is 0 Å². The van der Waals surface area contributed by atoms with Crippen molar-refractivity contribution in [2.24, 2.45) is 0 Å². The van der Waals surface area contributed by atoms with Crippen LogP contribution in [0.15, 0.2) is 18.6 Å². The number of nitrogens with two attached hydrogens (primary N) is 1. The molecule has 0 amide bonds. The van der Waals surface area contributed by atoms with Crippen molar-refractivity contribution >= 4 is 16.9 Å². The Morgan fingerprint density at radius 3 is 3.06 bits per heavy atom. The highest BCUT2D eigenvalue weighted by Gasteiger charge is 2.32. The van der Waals surface area contributed by atoms with Crippen LogP contribution in [0.3, 0.4) is 0 Å². The number of anilines is 1.